The Morgan fingerprint density at radius 1 is 0.680 bits per heavy atom. The van der Waals surface area contributed by atoms with Crippen LogP contribution in [0.4, 0.5) is 0 Å². The average molecular weight is 352 g/mol. The van der Waals surface area contributed by atoms with E-state index in [4.69, 9.17) is 4.74 Å². The summed E-state index contributed by atoms with van der Waals surface area (Å²) in [5, 5.41) is 0. The molecule has 1 amide bonds. The Kier molecular flexibility index (Phi) is 9.53. The van der Waals surface area contributed by atoms with Gasteiger partial charge >= 0.3 is 0 Å². The molecule has 3 nitrogen and oxygen atoms in total. The van der Waals surface area contributed by atoms with Crippen LogP contribution in [0.1, 0.15) is 83.1 Å². The standard InChI is InChI=1S/C20H35NO2.C2H6/c1-11(2)16-18(13(5)6)23-19(14(7)8)17(12(3)4)21(15(9)10)20(16)22;1-2/h11-15H,1-10H3;1-2H3. The fourth-order valence-corrected chi connectivity index (χ4v) is 3.14. The van der Waals surface area contributed by atoms with E-state index in [-0.39, 0.29) is 35.6 Å². The van der Waals surface area contributed by atoms with E-state index in [2.05, 4.69) is 69.2 Å². The molecule has 0 aromatic rings. The Hall–Kier alpha value is -1.25. The zero-order valence-corrected chi connectivity index (χ0v) is 18.7. The van der Waals surface area contributed by atoms with Crippen molar-refractivity contribution in [1.29, 1.82) is 0 Å². The van der Waals surface area contributed by atoms with Crippen molar-refractivity contribution in [2.75, 3.05) is 0 Å². The second-order valence-corrected chi connectivity index (χ2v) is 8.02. The first kappa shape index (κ1) is 23.8. The number of allylic oxidation sites excluding steroid dienone is 3. The second-order valence-electron chi connectivity index (χ2n) is 8.02. The lowest BCUT2D eigenvalue weighted by molar-refractivity contribution is -0.127. The molecule has 0 saturated heterocycles. The van der Waals surface area contributed by atoms with Gasteiger partial charge in [-0.2, -0.15) is 0 Å². The van der Waals surface area contributed by atoms with Gasteiger partial charge in [0.2, 0.25) is 0 Å². The van der Waals surface area contributed by atoms with E-state index >= 15 is 0 Å². The summed E-state index contributed by atoms with van der Waals surface area (Å²) >= 11 is 0. The zero-order chi connectivity index (χ0) is 20.1. The van der Waals surface area contributed by atoms with Crippen LogP contribution < -0.4 is 0 Å². The van der Waals surface area contributed by atoms with Crippen molar-refractivity contribution in [1.82, 2.24) is 4.90 Å². The molecular weight excluding hydrogens is 310 g/mol. The van der Waals surface area contributed by atoms with Gasteiger partial charge in [-0.25, -0.2) is 0 Å². The summed E-state index contributed by atoms with van der Waals surface area (Å²) in [6.07, 6.45) is 0. The van der Waals surface area contributed by atoms with E-state index in [1.807, 2.05) is 18.7 Å². The van der Waals surface area contributed by atoms with E-state index in [0.29, 0.717) is 0 Å². The Labute approximate surface area is 156 Å². The van der Waals surface area contributed by atoms with E-state index in [1.54, 1.807) is 0 Å². The molecule has 25 heavy (non-hydrogen) atoms. The van der Waals surface area contributed by atoms with E-state index in [9.17, 15) is 4.79 Å². The lowest BCUT2D eigenvalue weighted by atomic mass is 9.94. The van der Waals surface area contributed by atoms with Gasteiger partial charge < -0.3 is 9.64 Å². The maximum atomic E-state index is 13.4. The third-order valence-electron chi connectivity index (χ3n) is 4.14. The summed E-state index contributed by atoms with van der Waals surface area (Å²) in [5.74, 6) is 2.70. The molecule has 146 valence electrons. The highest BCUT2D eigenvalue weighted by molar-refractivity contribution is 5.96. The Morgan fingerprint density at radius 3 is 1.40 bits per heavy atom. The van der Waals surface area contributed by atoms with E-state index in [1.165, 1.54) is 0 Å². The molecule has 0 unspecified atom stereocenters. The number of nitrogens with zero attached hydrogens (tertiary/aromatic N) is 1. The summed E-state index contributed by atoms with van der Waals surface area (Å²) in [6, 6.07) is 0.109. The van der Waals surface area contributed by atoms with Gasteiger partial charge in [0.1, 0.15) is 11.5 Å². The number of rotatable bonds is 5. The van der Waals surface area contributed by atoms with Gasteiger partial charge in [-0.1, -0.05) is 69.2 Å². The van der Waals surface area contributed by atoms with Crippen LogP contribution >= 0.6 is 0 Å². The molecular formula is C22H41NO2. The van der Waals surface area contributed by atoms with Crippen LogP contribution in [0.15, 0.2) is 22.8 Å². The van der Waals surface area contributed by atoms with Gasteiger partial charge in [0.15, 0.2) is 0 Å². The fraction of sp³-hybridized carbons (Fsp3) is 0.773. The number of hydrogen-bond donors (Lipinski definition) is 0. The maximum Gasteiger partial charge on any atom is 0.257 e. The second kappa shape index (κ2) is 10.0. The molecule has 0 N–H and O–H groups in total. The molecule has 0 bridgehead atoms. The van der Waals surface area contributed by atoms with Crippen molar-refractivity contribution in [3.63, 3.8) is 0 Å². The molecule has 0 aromatic carbocycles. The number of amides is 1. The third-order valence-corrected chi connectivity index (χ3v) is 4.14. The molecule has 0 aliphatic carbocycles. The van der Waals surface area contributed by atoms with E-state index < -0.39 is 0 Å². The van der Waals surface area contributed by atoms with Gasteiger partial charge in [-0.15, -0.1) is 0 Å². The molecule has 1 aliphatic rings. The van der Waals surface area contributed by atoms with Crippen LogP contribution in [0.25, 0.3) is 0 Å². The molecule has 0 aromatic heterocycles. The van der Waals surface area contributed by atoms with Crippen LogP contribution in [0, 0.1) is 23.7 Å². The van der Waals surface area contributed by atoms with Gasteiger partial charge in [-0.05, 0) is 25.7 Å². The van der Waals surface area contributed by atoms with Crippen molar-refractivity contribution in [3.05, 3.63) is 22.8 Å². The largest absolute Gasteiger partial charge is 0.463 e. The van der Waals surface area contributed by atoms with Gasteiger partial charge in [0.05, 0.1) is 11.3 Å². The molecule has 3 heteroatoms. The minimum absolute atomic E-state index is 0.109. The highest BCUT2D eigenvalue weighted by atomic mass is 16.5. The number of ether oxygens (including phenoxy) is 1. The van der Waals surface area contributed by atoms with Crippen LogP contribution in [0.3, 0.4) is 0 Å². The predicted octanol–water partition coefficient (Wildman–Crippen LogP) is 6.37. The van der Waals surface area contributed by atoms with Crippen LogP contribution in [-0.4, -0.2) is 16.8 Å². The predicted molar refractivity (Wildman–Crippen MR) is 108 cm³/mol. The number of carbonyl (C=O) groups is 1. The van der Waals surface area contributed by atoms with Gasteiger partial charge in [-0.3, -0.25) is 4.79 Å². The SMILES string of the molecule is CC.CC(C)C1=C(C(C)C)C(=O)N(C(C)C)C(C(C)C)=C(C(C)C)O1. The van der Waals surface area contributed by atoms with Crippen LogP contribution in [0.2, 0.25) is 0 Å². The smallest absolute Gasteiger partial charge is 0.257 e. The van der Waals surface area contributed by atoms with Crippen molar-refractivity contribution in [2.24, 2.45) is 23.7 Å². The highest BCUT2D eigenvalue weighted by Gasteiger charge is 2.37. The normalized spacial score (nSPS) is 16.2. The van der Waals surface area contributed by atoms with Gasteiger partial charge in [0, 0.05) is 17.9 Å². The quantitative estimate of drug-likeness (QED) is 0.576. The summed E-state index contributed by atoms with van der Waals surface area (Å²) < 4.78 is 6.43. The van der Waals surface area contributed by atoms with Crippen LogP contribution in [-0.2, 0) is 9.53 Å². The first-order chi connectivity index (χ1) is 11.5. The summed E-state index contributed by atoms with van der Waals surface area (Å²) in [6.45, 7) is 25.1. The number of carbonyl (C=O) groups excluding carboxylic acids is 1. The van der Waals surface area contributed by atoms with Crippen molar-refractivity contribution in [2.45, 2.75) is 89.1 Å². The molecule has 0 atom stereocenters. The molecule has 1 rings (SSSR count). The first-order valence-corrected chi connectivity index (χ1v) is 10.00. The number of hydrogen-bond acceptors (Lipinski definition) is 2. The van der Waals surface area contributed by atoms with Gasteiger partial charge in [0.25, 0.3) is 5.91 Å². The van der Waals surface area contributed by atoms with Crippen molar-refractivity contribution >= 4 is 5.91 Å². The molecule has 1 heterocycles. The molecule has 0 fully saturated rings. The third kappa shape index (κ3) is 5.36. The Bertz CT molecular complexity index is 508. The lowest BCUT2D eigenvalue weighted by Gasteiger charge is -2.33. The lowest BCUT2D eigenvalue weighted by Crippen LogP contribution is -2.40. The highest BCUT2D eigenvalue weighted by Crippen LogP contribution is 2.38. The molecule has 0 spiro atoms. The fourth-order valence-electron chi connectivity index (χ4n) is 3.14. The van der Waals surface area contributed by atoms with Crippen molar-refractivity contribution < 1.29 is 9.53 Å². The summed E-state index contributed by atoms with van der Waals surface area (Å²) in [4.78, 5) is 15.3. The van der Waals surface area contributed by atoms with Crippen molar-refractivity contribution in [3.8, 4) is 0 Å². The van der Waals surface area contributed by atoms with E-state index in [0.717, 1.165) is 22.8 Å². The maximum absolute atomic E-state index is 13.4. The molecule has 0 saturated carbocycles. The summed E-state index contributed by atoms with van der Waals surface area (Å²) in [5.41, 5.74) is 1.86. The first-order valence-electron chi connectivity index (χ1n) is 10.00. The molecule has 0 radical (unpaired) electrons. The average Bonchev–Trinajstić information content (AvgIpc) is 2.63. The summed E-state index contributed by atoms with van der Waals surface area (Å²) in [7, 11) is 0. The Morgan fingerprint density at radius 2 is 1.12 bits per heavy atom. The zero-order valence-electron chi connectivity index (χ0n) is 18.7. The minimum atomic E-state index is 0.109. The molecule has 1 aliphatic heterocycles. The minimum Gasteiger partial charge on any atom is -0.463 e. The monoisotopic (exact) mass is 351 g/mol. The van der Waals surface area contributed by atoms with Crippen LogP contribution in [0.5, 0.6) is 0 Å². The topological polar surface area (TPSA) is 29.5 Å². The Balaban J connectivity index is 0.00000277.